The summed E-state index contributed by atoms with van der Waals surface area (Å²) in [6.45, 7) is 6.52. The van der Waals surface area contributed by atoms with Gasteiger partial charge in [-0.2, -0.15) is 0 Å². The molecule has 0 unspecified atom stereocenters. The van der Waals surface area contributed by atoms with Gasteiger partial charge in [0, 0.05) is 0 Å². The highest BCUT2D eigenvalue weighted by atomic mass is 14.7. The predicted octanol–water partition coefficient (Wildman–Crippen LogP) is 4.38. The van der Waals surface area contributed by atoms with E-state index in [1.54, 1.807) is 0 Å². The van der Waals surface area contributed by atoms with Crippen molar-refractivity contribution in [2.75, 3.05) is 0 Å². The number of nitrogens with zero attached hydrogens (tertiary/aromatic N) is 1. The zero-order chi connectivity index (χ0) is 9.78. The molecule has 1 heteroatoms. The lowest BCUT2D eigenvalue weighted by Crippen LogP contribution is -1.79. The second kappa shape index (κ2) is 11.7. The Hall–Kier alpha value is -0.330. The van der Waals surface area contributed by atoms with Crippen molar-refractivity contribution >= 4 is 6.21 Å². The maximum absolute atomic E-state index is 4.26. The van der Waals surface area contributed by atoms with Gasteiger partial charge in [0.15, 0.2) is 0 Å². The monoisotopic (exact) mass is 182 g/mol. The van der Waals surface area contributed by atoms with Gasteiger partial charge in [-0.1, -0.05) is 46.0 Å². The van der Waals surface area contributed by atoms with Crippen molar-refractivity contribution in [1.29, 1.82) is 0 Å². The molecule has 0 spiro atoms. The zero-order valence-corrected chi connectivity index (χ0v) is 9.26. The Bertz CT molecular complexity index is 108. The molecule has 0 amide bonds. The maximum atomic E-state index is 4.26. The molecule has 0 rings (SSSR count). The summed E-state index contributed by atoms with van der Waals surface area (Å²) in [5, 5.41) is 0. The Morgan fingerprint density at radius 2 is 1.46 bits per heavy atom. The molecule has 0 aromatic carbocycles. The zero-order valence-electron chi connectivity index (χ0n) is 9.26. The molecule has 77 valence electrons. The van der Waals surface area contributed by atoms with Gasteiger partial charge >= 0.3 is 0 Å². The molecule has 0 N–H and O–H groups in total. The molecule has 1 nitrogen and oxygen atoms in total. The van der Waals surface area contributed by atoms with Crippen molar-refractivity contribution in [3.63, 3.8) is 0 Å². The first-order valence-electron chi connectivity index (χ1n) is 5.75. The number of unbranched alkanes of at least 4 members (excludes halogenated alkanes) is 6. The molecular formula is C12H24N. The highest BCUT2D eigenvalue weighted by Gasteiger charge is 1.85. The summed E-state index contributed by atoms with van der Waals surface area (Å²) in [5.74, 6) is 0. The van der Waals surface area contributed by atoms with Gasteiger partial charge in [0.05, 0.1) is 6.54 Å². The van der Waals surface area contributed by atoms with E-state index < -0.39 is 0 Å². The van der Waals surface area contributed by atoms with Crippen LogP contribution in [0.5, 0.6) is 0 Å². The molecule has 0 saturated heterocycles. The van der Waals surface area contributed by atoms with Gasteiger partial charge in [-0.15, -0.1) is 0 Å². The van der Waals surface area contributed by atoms with Gasteiger partial charge in [-0.3, -0.25) is 4.99 Å². The smallest absolute Gasteiger partial charge is 0.0718 e. The van der Waals surface area contributed by atoms with Crippen molar-refractivity contribution < 1.29 is 0 Å². The Morgan fingerprint density at radius 1 is 0.846 bits per heavy atom. The summed E-state index contributed by atoms with van der Waals surface area (Å²) in [5.41, 5.74) is 0. The lowest BCUT2D eigenvalue weighted by atomic mass is 10.2. The second-order valence-corrected chi connectivity index (χ2v) is 3.51. The molecule has 0 fully saturated rings. The number of aliphatic imine (C=N–C) groups is 1. The van der Waals surface area contributed by atoms with E-state index in [2.05, 4.69) is 31.6 Å². The van der Waals surface area contributed by atoms with Crippen molar-refractivity contribution in [3.8, 4) is 0 Å². The summed E-state index contributed by atoms with van der Waals surface area (Å²) in [6.07, 6.45) is 12.2. The molecule has 0 aromatic heterocycles. The van der Waals surface area contributed by atoms with Crippen LogP contribution in [0.1, 0.15) is 65.2 Å². The minimum absolute atomic E-state index is 1.15. The first-order chi connectivity index (χ1) is 6.41. The lowest BCUT2D eigenvalue weighted by molar-refractivity contribution is 0.706. The van der Waals surface area contributed by atoms with Crippen molar-refractivity contribution in [3.05, 3.63) is 6.54 Å². The normalized spacial score (nSPS) is 11.2. The van der Waals surface area contributed by atoms with Crippen LogP contribution in [0, 0.1) is 6.54 Å². The average molecular weight is 182 g/mol. The maximum Gasteiger partial charge on any atom is 0.0718 e. The van der Waals surface area contributed by atoms with Crippen LogP contribution >= 0.6 is 0 Å². The van der Waals surface area contributed by atoms with E-state index in [4.69, 9.17) is 0 Å². The van der Waals surface area contributed by atoms with E-state index in [-0.39, 0.29) is 0 Å². The fourth-order valence-corrected chi connectivity index (χ4v) is 1.19. The Morgan fingerprint density at radius 3 is 2.08 bits per heavy atom. The van der Waals surface area contributed by atoms with E-state index in [0.29, 0.717) is 0 Å². The fourth-order valence-electron chi connectivity index (χ4n) is 1.19. The topological polar surface area (TPSA) is 12.4 Å². The molecule has 0 heterocycles. The van der Waals surface area contributed by atoms with E-state index in [1.165, 1.54) is 38.5 Å². The number of hydrogen-bond donors (Lipinski definition) is 0. The molecular weight excluding hydrogens is 158 g/mol. The Balaban J connectivity index is 2.95. The van der Waals surface area contributed by atoms with Gasteiger partial charge in [-0.05, 0) is 25.5 Å². The molecule has 0 aliphatic heterocycles. The molecule has 0 bridgehead atoms. The minimum Gasteiger partial charge on any atom is -0.292 e. The minimum atomic E-state index is 1.15. The van der Waals surface area contributed by atoms with Gasteiger partial charge in [-0.25, -0.2) is 0 Å². The molecule has 0 aliphatic rings. The SMILES string of the molecule is CCCCC[CH]N=CCCCCC. The Labute approximate surface area is 83.6 Å². The number of hydrogen-bond acceptors (Lipinski definition) is 1. The molecule has 0 saturated carbocycles. The van der Waals surface area contributed by atoms with Crippen LogP contribution in [-0.4, -0.2) is 6.21 Å². The predicted molar refractivity (Wildman–Crippen MR) is 61.1 cm³/mol. The molecule has 1 radical (unpaired) electrons. The van der Waals surface area contributed by atoms with E-state index in [0.717, 1.165) is 12.8 Å². The largest absolute Gasteiger partial charge is 0.292 e. The summed E-state index contributed by atoms with van der Waals surface area (Å²) in [7, 11) is 0. The van der Waals surface area contributed by atoms with Gasteiger partial charge in [0.25, 0.3) is 0 Å². The quantitative estimate of drug-likeness (QED) is 0.370. The van der Waals surface area contributed by atoms with E-state index in [9.17, 15) is 0 Å². The summed E-state index contributed by atoms with van der Waals surface area (Å²) in [6, 6.07) is 0. The molecule has 0 aliphatic carbocycles. The standard InChI is InChI=1S/C12H24N/c1-3-5-7-9-11-13-12-10-8-6-4-2/h11-12H,3-10H2,1-2H3. The van der Waals surface area contributed by atoms with Crippen LogP contribution in [0.3, 0.4) is 0 Å². The van der Waals surface area contributed by atoms with Crippen LogP contribution in [0.15, 0.2) is 4.99 Å². The van der Waals surface area contributed by atoms with Gasteiger partial charge in [0.1, 0.15) is 0 Å². The fraction of sp³-hybridized carbons (Fsp3) is 0.833. The third-order valence-electron chi connectivity index (χ3n) is 2.08. The summed E-state index contributed by atoms with van der Waals surface area (Å²) < 4.78 is 0. The first kappa shape index (κ1) is 12.7. The average Bonchev–Trinajstić information content (AvgIpc) is 2.16. The van der Waals surface area contributed by atoms with Crippen LogP contribution < -0.4 is 0 Å². The summed E-state index contributed by atoms with van der Waals surface area (Å²) >= 11 is 0. The summed E-state index contributed by atoms with van der Waals surface area (Å²) in [4.78, 5) is 4.26. The highest BCUT2D eigenvalue weighted by molar-refractivity contribution is 5.57. The van der Waals surface area contributed by atoms with Crippen LogP contribution in [-0.2, 0) is 0 Å². The van der Waals surface area contributed by atoms with Gasteiger partial charge in [0.2, 0.25) is 0 Å². The van der Waals surface area contributed by atoms with Crippen LogP contribution in [0.25, 0.3) is 0 Å². The Kier molecular flexibility index (Phi) is 11.4. The molecule has 13 heavy (non-hydrogen) atoms. The first-order valence-corrected chi connectivity index (χ1v) is 5.75. The highest BCUT2D eigenvalue weighted by Crippen LogP contribution is 2.02. The third kappa shape index (κ3) is 11.7. The van der Waals surface area contributed by atoms with E-state index >= 15 is 0 Å². The third-order valence-corrected chi connectivity index (χ3v) is 2.08. The van der Waals surface area contributed by atoms with E-state index in [1.807, 2.05) is 0 Å². The van der Waals surface area contributed by atoms with Gasteiger partial charge < -0.3 is 0 Å². The van der Waals surface area contributed by atoms with Crippen molar-refractivity contribution in [1.82, 2.24) is 0 Å². The lowest BCUT2D eigenvalue weighted by Gasteiger charge is -1.94. The van der Waals surface area contributed by atoms with Crippen LogP contribution in [0.4, 0.5) is 0 Å². The van der Waals surface area contributed by atoms with Crippen molar-refractivity contribution in [2.45, 2.75) is 65.2 Å². The molecule has 0 aromatic rings. The van der Waals surface area contributed by atoms with Crippen LogP contribution in [0.2, 0.25) is 0 Å². The van der Waals surface area contributed by atoms with Crippen molar-refractivity contribution in [2.24, 2.45) is 4.99 Å². The second-order valence-electron chi connectivity index (χ2n) is 3.51. The molecule has 0 atom stereocenters. The number of rotatable bonds is 9.